The normalized spacial score (nSPS) is 21.2. The van der Waals surface area contributed by atoms with E-state index in [1.807, 2.05) is 11.8 Å². The summed E-state index contributed by atoms with van der Waals surface area (Å²) >= 11 is 2.00. The molecule has 1 N–H and O–H groups in total. The van der Waals surface area contributed by atoms with E-state index in [1.165, 1.54) is 38.0 Å². The van der Waals surface area contributed by atoms with Gasteiger partial charge in [0.1, 0.15) is 0 Å². The molecule has 2 rings (SSSR count). The molecule has 0 amide bonds. The van der Waals surface area contributed by atoms with Gasteiger partial charge in [0.05, 0.1) is 6.61 Å². The molecule has 0 heterocycles. The molecule has 0 atom stereocenters. The maximum Gasteiger partial charge on any atom is 0.0552 e. The van der Waals surface area contributed by atoms with Crippen molar-refractivity contribution in [2.75, 3.05) is 31.8 Å². The van der Waals surface area contributed by atoms with Crippen molar-refractivity contribution in [1.82, 2.24) is 5.32 Å². The molecule has 0 spiro atoms. The van der Waals surface area contributed by atoms with Crippen LogP contribution < -0.4 is 5.32 Å². The van der Waals surface area contributed by atoms with Crippen molar-refractivity contribution in [3.05, 3.63) is 0 Å². The van der Waals surface area contributed by atoms with Gasteiger partial charge in [-0.05, 0) is 37.5 Å². The van der Waals surface area contributed by atoms with Gasteiger partial charge in [-0.1, -0.05) is 0 Å². The predicted molar refractivity (Wildman–Crippen MR) is 66.4 cm³/mol. The zero-order valence-corrected chi connectivity index (χ0v) is 10.5. The van der Waals surface area contributed by atoms with Crippen LogP contribution in [0.3, 0.4) is 0 Å². The molecular weight excluding hydrogens is 206 g/mol. The molecule has 2 aliphatic rings. The average molecular weight is 229 g/mol. The molecule has 0 aromatic carbocycles. The van der Waals surface area contributed by atoms with Crippen molar-refractivity contribution in [3.8, 4) is 0 Å². The Morgan fingerprint density at radius 3 is 2.40 bits per heavy atom. The van der Waals surface area contributed by atoms with Gasteiger partial charge in [-0.2, -0.15) is 11.8 Å². The van der Waals surface area contributed by atoms with Gasteiger partial charge < -0.3 is 10.1 Å². The van der Waals surface area contributed by atoms with Crippen LogP contribution in [0.5, 0.6) is 0 Å². The van der Waals surface area contributed by atoms with Crippen molar-refractivity contribution in [3.63, 3.8) is 0 Å². The van der Waals surface area contributed by atoms with Crippen molar-refractivity contribution in [1.29, 1.82) is 0 Å². The minimum absolute atomic E-state index is 0.869. The maximum absolute atomic E-state index is 5.02. The topological polar surface area (TPSA) is 21.3 Å². The van der Waals surface area contributed by atoms with Crippen LogP contribution in [-0.4, -0.2) is 37.8 Å². The predicted octanol–water partition coefficient (Wildman–Crippen LogP) is 2.14. The summed E-state index contributed by atoms with van der Waals surface area (Å²) in [6.07, 6.45) is 5.91. The average Bonchev–Trinajstić information content (AvgIpc) is 3.09. The lowest BCUT2D eigenvalue weighted by Crippen LogP contribution is -2.34. The van der Waals surface area contributed by atoms with E-state index in [0.717, 1.165) is 30.2 Å². The van der Waals surface area contributed by atoms with Crippen LogP contribution in [0, 0.1) is 11.8 Å². The van der Waals surface area contributed by atoms with E-state index in [0.29, 0.717) is 0 Å². The first-order valence-electron chi connectivity index (χ1n) is 6.22. The second kappa shape index (κ2) is 6.12. The van der Waals surface area contributed by atoms with Crippen molar-refractivity contribution >= 4 is 11.8 Å². The van der Waals surface area contributed by atoms with Crippen molar-refractivity contribution in [2.45, 2.75) is 31.7 Å². The number of hydrogen-bond donors (Lipinski definition) is 1. The van der Waals surface area contributed by atoms with Crippen LogP contribution in [0.4, 0.5) is 0 Å². The summed E-state index contributed by atoms with van der Waals surface area (Å²) in [5, 5.41) is 3.76. The molecule has 15 heavy (non-hydrogen) atoms. The Balaban J connectivity index is 1.48. The molecule has 2 nitrogen and oxygen atoms in total. The maximum atomic E-state index is 5.02. The Morgan fingerprint density at radius 2 is 1.87 bits per heavy atom. The van der Waals surface area contributed by atoms with Gasteiger partial charge in [-0.3, -0.25) is 0 Å². The Hall–Kier alpha value is 0.270. The molecule has 3 heteroatoms. The number of methoxy groups -OCH3 is 1. The zero-order chi connectivity index (χ0) is 10.5. The molecule has 0 bridgehead atoms. The molecule has 0 unspecified atom stereocenters. The number of rotatable bonds is 9. The Morgan fingerprint density at radius 1 is 1.20 bits per heavy atom. The Labute approximate surface area is 97.5 Å². The van der Waals surface area contributed by atoms with E-state index in [9.17, 15) is 0 Å². The van der Waals surface area contributed by atoms with Gasteiger partial charge in [0.2, 0.25) is 0 Å². The minimum Gasteiger partial charge on any atom is -0.384 e. The lowest BCUT2D eigenvalue weighted by atomic mass is 10.1. The number of hydrogen-bond acceptors (Lipinski definition) is 3. The van der Waals surface area contributed by atoms with Crippen LogP contribution in [0.25, 0.3) is 0 Å². The fourth-order valence-corrected chi connectivity index (χ4v) is 2.92. The first-order valence-corrected chi connectivity index (χ1v) is 7.37. The van der Waals surface area contributed by atoms with Crippen LogP contribution >= 0.6 is 11.8 Å². The molecule has 0 saturated heterocycles. The number of thioether (sulfide) groups is 1. The van der Waals surface area contributed by atoms with Crippen LogP contribution in [-0.2, 0) is 4.74 Å². The summed E-state index contributed by atoms with van der Waals surface area (Å²) in [4.78, 5) is 0. The molecule has 2 saturated carbocycles. The van der Waals surface area contributed by atoms with E-state index in [2.05, 4.69) is 5.32 Å². The standard InChI is InChI=1S/C12H23NOS/c1-14-7-9-15-8-6-13-12(10-2-3-10)11-4-5-11/h10-13H,2-9H2,1H3. The van der Waals surface area contributed by atoms with Crippen molar-refractivity contribution < 1.29 is 4.74 Å². The second-order valence-electron chi connectivity index (χ2n) is 4.76. The molecule has 0 radical (unpaired) electrons. The van der Waals surface area contributed by atoms with Gasteiger partial charge in [0.15, 0.2) is 0 Å². The summed E-state index contributed by atoms with van der Waals surface area (Å²) in [7, 11) is 1.77. The smallest absolute Gasteiger partial charge is 0.0552 e. The van der Waals surface area contributed by atoms with Gasteiger partial charge in [-0.25, -0.2) is 0 Å². The van der Waals surface area contributed by atoms with Crippen LogP contribution in [0.15, 0.2) is 0 Å². The van der Waals surface area contributed by atoms with Crippen molar-refractivity contribution in [2.24, 2.45) is 11.8 Å². The first kappa shape index (κ1) is 11.7. The fourth-order valence-electron chi connectivity index (χ4n) is 2.17. The largest absolute Gasteiger partial charge is 0.384 e. The summed E-state index contributed by atoms with van der Waals surface area (Å²) in [6.45, 7) is 2.07. The molecule has 2 fully saturated rings. The molecule has 0 aliphatic heterocycles. The lowest BCUT2D eigenvalue weighted by Gasteiger charge is -2.17. The SMILES string of the molecule is COCCSCCNC(C1CC1)C1CC1. The van der Waals surface area contributed by atoms with Crippen LogP contribution in [0.1, 0.15) is 25.7 Å². The van der Waals surface area contributed by atoms with Gasteiger partial charge >= 0.3 is 0 Å². The summed E-state index contributed by atoms with van der Waals surface area (Å²) in [5.41, 5.74) is 0. The highest BCUT2D eigenvalue weighted by Gasteiger charge is 2.40. The highest BCUT2D eigenvalue weighted by atomic mass is 32.2. The zero-order valence-electron chi connectivity index (χ0n) is 9.71. The Bertz CT molecular complexity index is 168. The van der Waals surface area contributed by atoms with Gasteiger partial charge in [0, 0.05) is 31.2 Å². The molecule has 2 aliphatic carbocycles. The number of nitrogens with one attached hydrogen (secondary N) is 1. The second-order valence-corrected chi connectivity index (χ2v) is 5.98. The fraction of sp³-hybridized carbons (Fsp3) is 1.00. The first-order chi connectivity index (χ1) is 7.42. The van der Waals surface area contributed by atoms with E-state index in [-0.39, 0.29) is 0 Å². The summed E-state index contributed by atoms with van der Waals surface area (Å²) in [6, 6.07) is 0.869. The quantitative estimate of drug-likeness (QED) is 0.612. The minimum atomic E-state index is 0.869. The van der Waals surface area contributed by atoms with Gasteiger partial charge in [0.25, 0.3) is 0 Å². The van der Waals surface area contributed by atoms with Gasteiger partial charge in [-0.15, -0.1) is 0 Å². The highest BCUT2D eigenvalue weighted by molar-refractivity contribution is 7.99. The third-order valence-electron chi connectivity index (χ3n) is 3.32. The van der Waals surface area contributed by atoms with E-state index in [1.54, 1.807) is 7.11 Å². The molecule has 0 aromatic rings. The third-order valence-corrected chi connectivity index (χ3v) is 4.27. The summed E-state index contributed by atoms with van der Waals surface area (Å²) < 4.78 is 5.02. The number of ether oxygens (including phenoxy) is 1. The summed E-state index contributed by atoms with van der Waals surface area (Å²) in [5.74, 6) is 4.43. The van der Waals surface area contributed by atoms with Crippen LogP contribution in [0.2, 0.25) is 0 Å². The third kappa shape index (κ3) is 4.33. The monoisotopic (exact) mass is 229 g/mol. The van der Waals surface area contributed by atoms with E-state index in [4.69, 9.17) is 4.74 Å². The molecule has 0 aromatic heterocycles. The van der Waals surface area contributed by atoms with E-state index < -0.39 is 0 Å². The van der Waals surface area contributed by atoms with E-state index >= 15 is 0 Å². The molecule has 88 valence electrons. The lowest BCUT2D eigenvalue weighted by molar-refractivity contribution is 0.218. The highest BCUT2D eigenvalue weighted by Crippen LogP contribution is 2.44. The molecular formula is C12H23NOS. The Kier molecular flexibility index (Phi) is 4.79.